The van der Waals surface area contributed by atoms with Crippen molar-refractivity contribution in [1.82, 2.24) is 20.2 Å². The van der Waals surface area contributed by atoms with Gasteiger partial charge in [0.1, 0.15) is 10.7 Å². The molecular formula is C16H24N4OS. The van der Waals surface area contributed by atoms with Gasteiger partial charge in [0.25, 0.3) is 5.56 Å². The van der Waals surface area contributed by atoms with Crippen LogP contribution in [-0.4, -0.2) is 40.5 Å². The van der Waals surface area contributed by atoms with Crippen molar-refractivity contribution in [2.24, 2.45) is 0 Å². The van der Waals surface area contributed by atoms with Crippen LogP contribution >= 0.6 is 11.3 Å². The van der Waals surface area contributed by atoms with Crippen LogP contribution < -0.4 is 10.9 Å². The molecule has 2 aromatic heterocycles. The molecule has 3 rings (SSSR count). The van der Waals surface area contributed by atoms with Gasteiger partial charge in [-0.25, -0.2) is 4.98 Å². The van der Waals surface area contributed by atoms with E-state index in [1.54, 1.807) is 11.3 Å². The van der Waals surface area contributed by atoms with Crippen molar-refractivity contribution in [3.05, 3.63) is 26.6 Å². The second-order valence-corrected chi connectivity index (χ2v) is 7.30. The highest BCUT2D eigenvalue weighted by Crippen LogP contribution is 2.26. The van der Waals surface area contributed by atoms with Gasteiger partial charge in [-0.1, -0.05) is 6.92 Å². The number of fused-ring (bicyclic) bond motifs is 1. The van der Waals surface area contributed by atoms with E-state index in [4.69, 9.17) is 4.98 Å². The monoisotopic (exact) mass is 320 g/mol. The Kier molecular flexibility index (Phi) is 4.61. The van der Waals surface area contributed by atoms with E-state index in [0.29, 0.717) is 6.04 Å². The van der Waals surface area contributed by atoms with Gasteiger partial charge in [0, 0.05) is 17.5 Å². The Labute approximate surface area is 134 Å². The zero-order chi connectivity index (χ0) is 15.7. The number of H-pyrrole nitrogens is 1. The molecule has 2 aromatic rings. The lowest BCUT2D eigenvalue weighted by molar-refractivity contribution is 0.195. The van der Waals surface area contributed by atoms with E-state index in [-0.39, 0.29) is 5.56 Å². The Morgan fingerprint density at radius 2 is 2.23 bits per heavy atom. The summed E-state index contributed by atoms with van der Waals surface area (Å²) < 4.78 is 0. The molecule has 2 N–H and O–H groups in total. The molecule has 120 valence electrons. The molecule has 0 bridgehead atoms. The molecule has 5 nitrogen and oxygen atoms in total. The topological polar surface area (TPSA) is 61.0 Å². The smallest absolute Gasteiger partial charge is 0.259 e. The highest BCUT2D eigenvalue weighted by Gasteiger charge is 2.23. The van der Waals surface area contributed by atoms with E-state index in [1.807, 2.05) is 13.8 Å². The van der Waals surface area contributed by atoms with Gasteiger partial charge in [-0.05, 0) is 45.3 Å². The summed E-state index contributed by atoms with van der Waals surface area (Å²) in [6, 6.07) is 0.549. The minimum absolute atomic E-state index is 0.00263. The lowest BCUT2D eigenvalue weighted by Crippen LogP contribution is -2.37. The fourth-order valence-corrected chi connectivity index (χ4v) is 4.24. The minimum atomic E-state index is 0.00263. The Morgan fingerprint density at radius 3 is 2.91 bits per heavy atom. The van der Waals surface area contributed by atoms with E-state index in [1.165, 1.54) is 11.3 Å². The Morgan fingerprint density at radius 1 is 1.41 bits per heavy atom. The number of aryl methyl sites for hydroxylation is 2. The molecule has 6 heteroatoms. The number of nitrogens with zero attached hydrogens (tertiary/aromatic N) is 2. The number of aromatic nitrogens is 2. The third kappa shape index (κ3) is 2.95. The van der Waals surface area contributed by atoms with Crippen molar-refractivity contribution in [3.63, 3.8) is 0 Å². The van der Waals surface area contributed by atoms with E-state index >= 15 is 0 Å². The average Bonchev–Trinajstić information content (AvgIpc) is 3.08. The van der Waals surface area contributed by atoms with Crippen molar-refractivity contribution in [2.75, 3.05) is 19.6 Å². The summed E-state index contributed by atoms with van der Waals surface area (Å²) >= 11 is 1.62. The molecule has 1 aliphatic rings. The Balaban J connectivity index is 1.90. The molecule has 0 aromatic carbocycles. The zero-order valence-corrected chi connectivity index (χ0v) is 14.3. The van der Waals surface area contributed by atoms with Crippen LogP contribution in [0.4, 0.5) is 0 Å². The van der Waals surface area contributed by atoms with Crippen LogP contribution in [0.2, 0.25) is 0 Å². The average molecular weight is 320 g/mol. The highest BCUT2D eigenvalue weighted by atomic mass is 32.1. The van der Waals surface area contributed by atoms with Gasteiger partial charge in [0.05, 0.1) is 11.9 Å². The summed E-state index contributed by atoms with van der Waals surface area (Å²) in [6.45, 7) is 10.1. The Hall–Kier alpha value is -1.24. The standard InChI is InChI=1S/C16H24N4OS/c1-4-7-20(12-5-6-17-8-12)9-13-18-15(21)14-10(2)11(3)22-16(14)19-13/h12,17H,4-9H2,1-3H3,(H,18,19,21). The summed E-state index contributed by atoms with van der Waals surface area (Å²) in [7, 11) is 0. The number of aromatic amines is 1. The molecule has 0 radical (unpaired) electrons. The minimum Gasteiger partial charge on any atom is -0.315 e. The van der Waals surface area contributed by atoms with Crippen molar-refractivity contribution in [1.29, 1.82) is 0 Å². The Bertz CT molecular complexity index is 715. The fraction of sp³-hybridized carbons (Fsp3) is 0.625. The van der Waals surface area contributed by atoms with E-state index in [0.717, 1.165) is 54.2 Å². The highest BCUT2D eigenvalue weighted by molar-refractivity contribution is 7.18. The molecule has 22 heavy (non-hydrogen) atoms. The molecule has 0 amide bonds. The second kappa shape index (κ2) is 6.48. The van der Waals surface area contributed by atoms with Gasteiger partial charge < -0.3 is 10.3 Å². The second-order valence-electron chi connectivity index (χ2n) is 6.09. The van der Waals surface area contributed by atoms with Crippen LogP contribution in [0.1, 0.15) is 36.0 Å². The number of nitrogens with one attached hydrogen (secondary N) is 2. The summed E-state index contributed by atoms with van der Waals surface area (Å²) in [4.78, 5) is 24.6. The summed E-state index contributed by atoms with van der Waals surface area (Å²) in [5.41, 5.74) is 1.06. The first kappa shape index (κ1) is 15.6. The lowest BCUT2D eigenvalue weighted by Gasteiger charge is -2.27. The van der Waals surface area contributed by atoms with Crippen LogP contribution in [0.3, 0.4) is 0 Å². The van der Waals surface area contributed by atoms with Gasteiger partial charge in [-0.2, -0.15) is 0 Å². The van der Waals surface area contributed by atoms with Crippen molar-refractivity contribution in [3.8, 4) is 0 Å². The van der Waals surface area contributed by atoms with Gasteiger partial charge in [0.2, 0.25) is 0 Å². The first-order valence-electron chi connectivity index (χ1n) is 8.03. The van der Waals surface area contributed by atoms with Gasteiger partial charge in [-0.3, -0.25) is 9.69 Å². The van der Waals surface area contributed by atoms with E-state index in [2.05, 4.69) is 22.1 Å². The number of hydrogen-bond acceptors (Lipinski definition) is 5. The van der Waals surface area contributed by atoms with Crippen LogP contribution in [-0.2, 0) is 6.54 Å². The van der Waals surface area contributed by atoms with E-state index < -0.39 is 0 Å². The van der Waals surface area contributed by atoms with Gasteiger partial charge >= 0.3 is 0 Å². The maximum atomic E-state index is 12.4. The number of hydrogen-bond donors (Lipinski definition) is 2. The molecule has 1 unspecified atom stereocenters. The molecule has 1 aliphatic heterocycles. The lowest BCUT2D eigenvalue weighted by atomic mass is 10.2. The summed E-state index contributed by atoms with van der Waals surface area (Å²) in [5.74, 6) is 0.791. The van der Waals surface area contributed by atoms with Gasteiger partial charge in [0.15, 0.2) is 0 Å². The zero-order valence-electron chi connectivity index (χ0n) is 13.5. The van der Waals surface area contributed by atoms with Gasteiger partial charge in [-0.15, -0.1) is 11.3 Å². The SMILES string of the molecule is CCCN(Cc1nc2sc(C)c(C)c2c(=O)[nH]1)C1CCNC1. The molecule has 0 spiro atoms. The molecule has 3 heterocycles. The number of rotatable bonds is 5. The normalized spacial score (nSPS) is 18.6. The quantitative estimate of drug-likeness (QED) is 0.886. The van der Waals surface area contributed by atoms with Crippen LogP contribution in [0, 0.1) is 13.8 Å². The molecule has 1 saturated heterocycles. The first-order valence-corrected chi connectivity index (χ1v) is 8.85. The summed E-state index contributed by atoms with van der Waals surface area (Å²) in [5, 5.41) is 4.18. The first-order chi connectivity index (χ1) is 10.6. The molecule has 0 aliphatic carbocycles. The third-order valence-electron chi connectivity index (χ3n) is 4.50. The van der Waals surface area contributed by atoms with Crippen molar-refractivity contribution < 1.29 is 0 Å². The maximum absolute atomic E-state index is 12.4. The largest absolute Gasteiger partial charge is 0.315 e. The predicted molar refractivity (Wildman–Crippen MR) is 91.7 cm³/mol. The molecular weight excluding hydrogens is 296 g/mol. The van der Waals surface area contributed by atoms with Crippen LogP contribution in [0.25, 0.3) is 10.2 Å². The third-order valence-corrected chi connectivity index (χ3v) is 5.60. The molecule has 1 atom stereocenters. The van der Waals surface area contributed by atoms with E-state index in [9.17, 15) is 4.79 Å². The summed E-state index contributed by atoms with van der Waals surface area (Å²) in [6.07, 6.45) is 2.28. The predicted octanol–water partition coefficient (Wildman–Crippen LogP) is 2.18. The fourth-order valence-electron chi connectivity index (χ4n) is 3.20. The van der Waals surface area contributed by atoms with Crippen LogP contribution in [0.5, 0.6) is 0 Å². The maximum Gasteiger partial charge on any atom is 0.259 e. The van der Waals surface area contributed by atoms with Crippen molar-refractivity contribution in [2.45, 2.75) is 46.2 Å². The molecule has 1 fully saturated rings. The number of thiophene rings is 1. The van der Waals surface area contributed by atoms with Crippen LogP contribution in [0.15, 0.2) is 4.79 Å². The molecule has 0 saturated carbocycles. The van der Waals surface area contributed by atoms with Crippen molar-refractivity contribution >= 4 is 21.6 Å².